The number of imidazole rings is 1. The third-order valence-electron chi connectivity index (χ3n) is 4.47. The Morgan fingerprint density at radius 3 is 2.86 bits per heavy atom. The number of rotatable bonds is 3. The topological polar surface area (TPSA) is 30.7 Å². The fraction of sp³-hybridized carbons (Fsp3) is 0.625. The van der Waals surface area contributed by atoms with Gasteiger partial charge in [-0.3, -0.25) is 0 Å². The Labute approximate surface area is 135 Å². The summed E-state index contributed by atoms with van der Waals surface area (Å²) >= 11 is 8.39. The average Bonchev–Trinajstić information content (AvgIpc) is 2.88. The summed E-state index contributed by atoms with van der Waals surface area (Å²) in [5.74, 6) is 0.972. The van der Waals surface area contributed by atoms with Crippen molar-refractivity contribution < 1.29 is 0 Å². The van der Waals surface area contributed by atoms with Crippen LogP contribution in [0.15, 0.2) is 12.3 Å². The Morgan fingerprint density at radius 2 is 2.14 bits per heavy atom. The lowest BCUT2D eigenvalue weighted by Gasteiger charge is -2.32. The molecule has 21 heavy (non-hydrogen) atoms. The normalized spacial score (nSPS) is 24.4. The van der Waals surface area contributed by atoms with Gasteiger partial charge in [-0.15, -0.1) is 11.6 Å². The molecule has 0 radical (unpaired) electrons. The summed E-state index contributed by atoms with van der Waals surface area (Å²) < 4.78 is 2.33. The number of aromatic nitrogens is 3. The van der Waals surface area contributed by atoms with Crippen LogP contribution in [0.5, 0.6) is 0 Å². The van der Waals surface area contributed by atoms with Crippen LogP contribution in [0.25, 0.3) is 11.2 Å². The summed E-state index contributed by atoms with van der Waals surface area (Å²) in [6, 6.07) is 2.49. The molecular formula is C16H22ClN3S. The van der Waals surface area contributed by atoms with E-state index in [9.17, 15) is 0 Å². The fourth-order valence-corrected chi connectivity index (χ4v) is 4.51. The molecule has 3 unspecified atom stereocenters. The standard InChI is InChI=1S/C16H22ClN3S/c1-10-8-9-18-16-14(10)19-15(11(2)17)20(16)12-6-4-5-7-13(12)21-3/h8-9,11-13H,4-7H2,1-3H3. The lowest BCUT2D eigenvalue weighted by atomic mass is 9.94. The largest absolute Gasteiger partial charge is 0.307 e. The van der Waals surface area contributed by atoms with Crippen LogP contribution in [0.3, 0.4) is 0 Å². The lowest BCUT2D eigenvalue weighted by Crippen LogP contribution is -2.27. The Balaban J connectivity index is 2.19. The van der Waals surface area contributed by atoms with Gasteiger partial charge < -0.3 is 4.57 Å². The molecule has 3 atom stereocenters. The van der Waals surface area contributed by atoms with Gasteiger partial charge in [0.05, 0.1) is 5.38 Å². The predicted molar refractivity (Wildman–Crippen MR) is 91.3 cm³/mol. The maximum absolute atomic E-state index is 6.42. The predicted octanol–water partition coefficient (Wildman–Crippen LogP) is 4.89. The van der Waals surface area contributed by atoms with Crippen molar-refractivity contribution >= 4 is 34.5 Å². The fourth-order valence-electron chi connectivity index (χ4n) is 3.38. The third kappa shape index (κ3) is 2.68. The van der Waals surface area contributed by atoms with E-state index in [1.807, 2.05) is 30.9 Å². The molecule has 3 rings (SSSR count). The number of hydrogen-bond acceptors (Lipinski definition) is 3. The molecule has 0 aliphatic heterocycles. The molecule has 0 aromatic carbocycles. The van der Waals surface area contributed by atoms with Gasteiger partial charge in [-0.05, 0) is 44.6 Å². The van der Waals surface area contributed by atoms with E-state index < -0.39 is 0 Å². The van der Waals surface area contributed by atoms with Gasteiger partial charge in [0, 0.05) is 17.5 Å². The lowest BCUT2D eigenvalue weighted by molar-refractivity contribution is 0.362. The first kappa shape index (κ1) is 15.2. The second kappa shape index (κ2) is 6.17. The van der Waals surface area contributed by atoms with Gasteiger partial charge in [0.25, 0.3) is 0 Å². The maximum atomic E-state index is 6.42. The van der Waals surface area contributed by atoms with Gasteiger partial charge in [0.15, 0.2) is 5.65 Å². The molecule has 114 valence electrons. The van der Waals surface area contributed by atoms with Crippen LogP contribution in [0.4, 0.5) is 0 Å². The highest BCUT2D eigenvalue weighted by atomic mass is 35.5. The van der Waals surface area contributed by atoms with Gasteiger partial charge >= 0.3 is 0 Å². The Hall–Kier alpha value is -0.740. The molecule has 5 heteroatoms. The molecule has 0 saturated heterocycles. The summed E-state index contributed by atoms with van der Waals surface area (Å²) in [5, 5.41) is 0.538. The number of fused-ring (bicyclic) bond motifs is 1. The van der Waals surface area contributed by atoms with E-state index in [1.165, 1.54) is 31.2 Å². The second-order valence-corrected chi connectivity index (χ2v) is 7.61. The van der Waals surface area contributed by atoms with Crippen LogP contribution in [-0.2, 0) is 0 Å². The first-order chi connectivity index (χ1) is 10.1. The van der Waals surface area contributed by atoms with Crippen LogP contribution in [-0.4, -0.2) is 26.0 Å². The van der Waals surface area contributed by atoms with E-state index in [0.29, 0.717) is 11.3 Å². The zero-order chi connectivity index (χ0) is 15.0. The number of alkyl halides is 1. The van der Waals surface area contributed by atoms with Crippen LogP contribution < -0.4 is 0 Å². The maximum Gasteiger partial charge on any atom is 0.160 e. The van der Waals surface area contributed by atoms with E-state index in [-0.39, 0.29) is 5.38 Å². The minimum Gasteiger partial charge on any atom is -0.307 e. The average molecular weight is 324 g/mol. The zero-order valence-electron chi connectivity index (χ0n) is 12.8. The molecule has 0 amide bonds. The van der Waals surface area contributed by atoms with Crippen LogP contribution in [0.1, 0.15) is 55.4 Å². The van der Waals surface area contributed by atoms with E-state index in [1.54, 1.807) is 0 Å². The van der Waals surface area contributed by atoms with Gasteiger partial charge in [-0.1, -0.05) is 12.8 Å². The van der Waals surface area contributed by atoms with Crippen molar-refractivity contribution in [3.05, 3.63) is 23.7 Å². The highest BCUT2D eigenvalue weighted by molar-refractivity contribution is 7.99. The summed E-state index contributed by atoms with van der Waals surface area (Å²) in [7, 11) is 0. The van der Waals surface area contributed by atoms with Crippen LogP contribution in [0, 0.1) is 6.92 Å². The molecular weight excluding hydrogens is 302 g/mol. The molecule has 1 aliphatic carbocycles. The van der Waals surface area contributed by atoms with Crippen molar-refractivity contribution in [3.63, 3.8) is 0 Å². The van der Waals surface area contributed by atoms with E-state index >= 15 is 0 Å². The highest BCUT2D eigenvalue weighted by Crippen LogP contribution is 2.39. The van der Waals surface area contributed by atoms with Crippen molar-refractivity contribution in [2.45, 2.75) is 56.2 Å². The third-order valence-corrected chi connectivity index (χ3v) is 5.82. The summed E-state index contributed by atoms with van der Waals surface area (Å²) in [5.41, 5.74) is 3.18. The van der Waals surface area contributed by atoms with Crippen molar-refractivity contribution in [1.82, 2.24) is 14.5 Å². The van der Waals surface area contributed by atoms with Crippen molar-refractivity contribution in [2.75, 3.05) is 6.26 Å². The number of pyridine rings is 1. The monoisotopic (exact) mass is 323 g/mol. The van der Waals surface area contributed by atoms with Crippen LogP contribution >= 0.6 is 23.4 Å². The molecule has 0 N–H and O–H groups in total. The second-order valence-electron chi connectivity index (χ2n) is 5.88. The van der Waals surface area contributed by atoms with Gasteiger partial charge in [0.1, 0.15) is 11.3 Å². The molecule has 1 saturated carbocycles. The first-order valence-electron chi connectivity index (χ1n) is 7.63. The number of thioether (sulfide) groups is 1. The molecule has 0 spiro atoms. The van der Waals surface area contributed by atoms with Gasteiger partial charge in [-0.25, -0.2) is 9.97 Å². The van der Waals surface area contributed by atoms with Gasteiger partial charge in [0.2, 0.25) is 0 Å². The Bertz CT molecular complexity index is 638. The quantitative estimate of drug-likeness (QED) is 0.754. The number of halogens is 1. The van der Waals surface area contributed by atoms with E-state index in [4.69, 9.17) is 16.6 Å². The van der Waals surface area contributed by atoms with Gasteiger partial charge in [-0.2, -0.15) is 11.8 Å². The minimum atomic E-state index is -0.0944. The molecule has 2 heterocycles. The molecule has 2 aromatic rings. The number of aryl methyl sites for hydroxylation is 1. The summed E-state index contributed by atoms with van der Waals surface area (Å²) in [6.07, 6.45) is 9.17. The molecule has 2 aromatic heterocycles. The smallest absolute Gasteiger partial charge is 0.160 e. The molecule has 3 nitrogen and oxygen atoms in total. The van der Waals surface area contributed by atoms with Crippen molar-refractivity contribution in [3.8, 4) is 0 Å². The SMILES string of the molecule is CSC1CCCCC1n1c(C(C)Cl)nc2c(C)ccnc21. The Kier molecular flexibility index (Phi) is 4.46. The van der Waals surface area contributed by atoms with Crippen molar-refractivity contribution in [2.24, 2.45) is 0 Å². The number of nitrogens with zero attached hydrogens (tertiary/aromatic N) is 3. The number of hydrogen-bond donors (Lipinski definition) is 0. The highest BCUT2D eigenvalue weighted by Gasteiger charge is 2.30. The first-order valence-corrected chi connectivity index (χ1v) is 9.36. The molecule has 1 fully saturated rings. The Morgan fingerprint density at radius 1 is 1.38 bits per heavy atom. The van der Waals surface area contributed by atoms with E-state index in [2.05, 4.69) is 22.7 Å². The minimum absolute atomic E-state index is 0.0944. The summed E-state index contributed by atoms with van der Waals surface area (Å²) in [6.45, 7) is 4.10. The van der Waals surface area contributed by atoms with Crippen LogP contribution in [0.2, 0.25) is 0 Å². The van der Waals surface area contributed by atoms with E-state index in [0.717, 1.165) is 17.0 Å². The molecule has 1 aliphatic rings. The van der Waals surface area contributed by atoms with Crippen molar-refractivity contribution in [1.29, 1.82) is 0 Å². The zero-order valence-corrected chi connectivity index (χ0v) is 14.4. The molecule has 0 bridgehead atoms. The summed E-state index contributed by atoms with van der Waals surface area (Å²) in [4.78, 5) is 9.44.